The molecule has 0 radical (unpaired) electrons. The van der Waals surface area contributed by atoms with Gasteiger partial charge in [0.05, 0.1) is 17.3 Å². The van der Waals surface area contributed by atoms with Crippen LogP contribution in [-0.2, 0) is 23.7 Å². The molecule has 148 valence electrons. The van der Waals surface area contributed by atoms with E-state index in [2.05, 4.69) is 4.36 Å². The molecule has 0 spiro atoms. The van der Waals surface area contributed by atoms with Crippen LogP contribution in [0, 0.1) is 11.3 Å². The smallest absolute Gasteiger partial charge is 0.292 e. The molecule has 1 aromatic heterocycles. The molecule has 1 heterocycles. The van der Waals surface area contributed by atoms with Crippen LogP contribution in [0.2, 0.25) is 0 Å². The van der Waals surface area contributed by atoms with Gasteiger partial charge in [-0.05, 0) is 18.1 Å². The lowest BCUT2D eigenvalue weighted by Gasteiger charge is -2.17. The number of rotatable bonds is 3. The Morgan fingerprint density at radius 1 is 1.21 bits per heavy atom. The lowest BCUT2D eigenvalue weighted by atomic mass is 9.95. The highest BCUT2D eigenvalue weighted by atomic mass is 32.2. The third-order valence-electron chi connectivity index (χ3n) is 3.91. The largest absolute Gasteiger partial charge is 0.431 e. The molecule has 2 aromatic rings. The quantitative estimate of drug-likeness (QED) is 0.764. The Labute approximate surface area is 157 Å². The predicted octanol–water partition coefficient (Wildman–Crippen LogP) is 2.24. The summed E-state index contributed by atoms with van der Waals surface area (Å²) in [5.41, 5.74) is -4.62. The number of alkyl halides is 3. The van der Waals surface area contributed by atoms with Crippen LogP contribution in [0.5, 0.6) is 0 Å². The van der Waals surface area contributed by atoms with E-state index in [4.69, 9.17) is 0 Å². The molecule has 0 unspecified atom stereocenters. The highest BCUT2D eigenvalue weighted by molar-refractivity contribution is 7.61. The minimum atomic E-state index is -4.94. The van der Waals surface area contributed by atoms with Gasteiger partial charge in [-0.25, -0.2) is 9.36 Å². The summed E-state index contributed by atoms with van der Waals surface area (Å²) in [6.07, 6.45) is -4.94. The predicted molar refractivity (Wildman–Crippen MR) is 92.1 cm³/mol. The van der Waals surface area contributed by atoms with E-state index in [-0.39, 0.29) is 33.1 Å². The minimum Gasteiger partial charge on any atom is -0.292 e. The highest BCUT2D eigenvalue weighted by Gasteiger charge is 2.35. The molecule has 0 amide bonds. The van der Waals surface area contributed by atoms with E-state index in [9.17, 15) is 36.4 Å². The van der Waals surface area contributed by atoms with E-state index in [1.165, 1.54) is 6.07 Å². The number of aromatic nitrogens is 2. The van der Waals surface area contributed by atoms with Crippen molar-refractivity contribution in [3.05, 3.63) is 55.9 Å². The Bertz CT molecular complexity index is 1240. The van der Waals surface area contributed by atoms with Crippen molar-refractivity contribution < 1.29 is 21.6 Å². The van der Waals surface area contributed by atoms with Crippen LogP contribution in [0.15, 0.2) is 32.2 Å². The Hall–Kier alpha value is -3.20. The number of benzene rings is 1. The van der Waals surface area contributed by atoms with Crippen LogP contribution in [0.3, 0.4) is 0 Å². The van der Waals surface area contributed by atoms with Crippen molar-refractivity contribution in [2.45, 2.75) is 25.9 Å². The minimum absolute atomic E-state index is 0.0553. The Morgan fingerprint density at radius 3 is 2.29 bits per heavy atom. The first-order valence-corrected chi connectivity index (χ1v) is 8.72. The van der Waals surface area contributed by atoms with Crippen LogP contribution in [0.4, 0.5) is 18.9 Å². The molecule has 0 aliphatic carbocycles. The molecule has 0 aliphatic rings. The first kappa shape index (κ1) is 21.1. The van der Waals surface area contributed by atoms with Gasteiger partial charge >= 0.3 is 22.4 Å². The Morgan fingerprint density at radius 2 is 1.82 bits per heavy atom. The molecule has 8 nitrogen and oxygen atoms in total. The van der Waals surface area contributed by atoms with E-state index >= 15 is 0 Å². The van der Waals surface area contributed by atoms with Gasteiger partial charge in [-0.15, -0.1) is 4.36 Å². The number of nitriles is 1. The molecule has 0 saturated heterocycles. The summed E-state index contributed by atoms with van der Waals surface area (Å²) in [6.45, 7) is 3.25. The van der Waals surface area contributed by atoms with Crippen LogP contribution in [0.25, 0.3) is 5.69 Å². The van der Waals surface area contributed by atoms with Gasteiger partial charge in [-0.1, -0.05) is 13.8 Å². The van der Waals surface area contributed by atoms with Crippen molar-refractivity contribution in [1.82, 2.24) is 9.13 Å². The van der Waals surface area contributed by atoms with Gasteiger partial charge in [0.1, 0.15) is 11.4 Å². The zero-order chi connectivity index (χ0) is 21.4. The average Bonchev–Trinajstić information content (AvgIpc) is 2.57. The molecule has 0 aliphatic heterocycles. The van der Waals surface area contributed by atoms with Crippen molar-refractivity contribution in [3.63, 3.8) is 0 Å². The van der Waals surface area contributed by atoms with Gasteiger partial charge in [0, 0.05) is 18.7 Å². The summed E-state index contributed by atoms with van der Waals surface area (Å²) in [5.74, 6) is -0.439. The molecule has 1 aromatic carbocycles. The van der Waals surface area contributed by atoms with Gasteiger partial charge in [-0.2, -0.15) is 26.9 Å². The monoisotopic (exact) mass is 414 g/mol. The Balaban J connectivity index is 3.07. The summed E-state index contributed by atoms with van der Waals surface area (Å²) in [7, 11) is -2.18. The fourth-order valence-electron chi connectivity index (χ4n) is 2.75. The molecular formula is C16H13F3N4O4S. The molecule has 0 atom stereocenters. The van der Waals surface area contributed by atoms with E-state index < -0.39 is 39.5 Å². The molecule has 12 heteroatoms. The zero-order valence-corrected chi connectivity index (χ0v) is 15.6. The highest BCUT2D eigenvalue weighted by Crippen LogP contribution is 2.35. The first-order valence-electron chi connectivity index (χ1n) is 7.68. The van der Waals surface area contributed by atoms with E-state index in [0.717, 1.165) is 13.1 Å². The molecular weight excluding hydrogens is 401 g/mol. The lowest BCUT2D eigenvalue weighted by Crippen LogP contribution is -2.40. The molecule has 28 heavy (non-hydrogen) atoms. The van der Waals surface area contributed by atoms with Gasteiger partial charge < -0.3 is 0 Å². The fourth-order valence-corrected chi connectivity index (χ4v) is 3.09. The van der Waals surface area contributed by atoms with Crippen LogP contribution in [0.1, 0.15) is 36.6 Å². The van der Waals surface area contributed by atoms with Gasteiger partial charge in [-0.3, -0.25) is 9.36 Å². The summed E-state index contributed by atoms with van der Waals surface area (Å²) in [4.78, 5) is 24.8. The van der Waals surface area contributed by atoms with Crippen molar-refractivity contribution in [1.29, 1.82) is 5.26 Å². The van der Waals surface area contributed by atoms with Crippen molar-refractivity contribution in [2.75, 3.05) is 0 Å². The standard InChI is InChI=1S/C16H13F3N4O4S/c1-8(2)13-9(7-20)4-5-10(14(13)21-28(26)27)23-12(24)6-11(16(17,18)19)22(3)15(23)25/h4-6,8H,1-3H3. The van der Waals surface area contributed by atoms with Crippen molar-refractivity contribution in [2.24, 2.45) is 11.4 Å². The third kappa shape index (κ3) is 3.74. The lowest BCUT2D eigenvalue weighted by molar-refractivity contribution is -0.144. The maximum Gasteiger partial charge on any atom is 0.431 e. The van der Waals surface area contributed by atoms with Crippen molar-refractivity contribution >= 4 is 16.2 Å². The SMILES string of the molecule is CC(C)c1c(C#N)ccc(-n2c(=O)cc(C(F)(F)F)n(C)c2=O)c1N=S(=O)=O. The number of hydrogen-bond donors (Lipinski definition) is 0. The first-order chi connectivity index (χ1) is 12.9. The normalized spacial score (nSPS) is 11.4. The van der Waals surface area contributed by atoms with Crippen LogP contribution < -0.4 is 11.2 Å². The van der Waals surface area contributed by atoms with Crippen LogP contribution >= 0.6 is 0 Å². The fraction of sp³-hybridized carbons (Fsp3) is 0.312. The topological polar surface area (TPSA) is 114 Å². The van der Waals surface area contributed by atoms with Gasteiger partial charge in [0.15, 0.2) is 0 Å². The van der Waals surface area contributed by atoms with E-state index in [1.54, 1.807) is 13.8 Å². The third-order valence-corrected chi connectivity index (χ3v) is 4.24. The zero-order valence-electron chi connectivity index (χ0n) is 14.8. The number of hydrogen-bond acceptors (Lipinski definition) is 6. The molecule has 0 fully saturated rings. The van der Waals surface area contributed by atoms with E-state index in [1.807, 2.05) is 6.07 Å². The summed E-state index contributed by atoms with van der Waals surface area (Å²) < 4.78 is 65.4. The number of halogens is 3. The number of nitrogens with zero attached hydrogens (tertiary/aromatic N) is 4. The average molecular weight is 414 g/mol. The summed E-state index contributed by atoms with van der Waals surface area (Å²) in [6, 6.07) is 4.41. The molecule has 2 rings (SSSR count). The second kappa shape index (κ2) is 7.43. The maximum atomic E-state index is 13.0. The van der Waals surface area contributed by atoms with Gasteiger partial charge in [0.2, 0.25) is 0 Å². The van der Waals surface area contributed by atoms with Crippen molar-refractivity contribution in [3.8, 4) is 11.8 Å². The summed E-state index contributed by atoms with van der Waals surface area (Å²) >= 11 is 0. The second-order valence-electron chi connectivity index (χ2n) is 6.01. The maximum absolute atomic E-state index is 13.0. The molecule has 0 saturated carbocycles. The van der Waals surface area contributed by atoms with Crippen LogP contribution in [-0.4, -0.2) is 17.6 Å². The van der Waals surface area contributed by atoms with E-state index in [0.29, 0.717) is 4.57 Å². The molecule has 0 N–H and O–H groups in total. The van der Waals surface area contributed by atoms with Gasteiger partial charge in [0.25, 0.3) is 5.56 Å². The summed E-state index contributed by atoms with van der Waals surface area (Å²) in [5, 5.41) is 9.26. The molecule has 0 bridgehead atoms. The second-order valence-corrected chi connectivity index (χ2v) is 6.63. The Kier molecular flexibility index (Phi) is 5.60.